The van der Waals surface area contributed by atoms with Gasteiger partial charge in [-0.15, -0.1) is 0 Å². The summed E-state index contributed by atoms with van der Waals surface area (Å²) in [5, 5.41) is 3.64. The van der Waals surface area contributed by atoms with E-state index in [1.54, 1.807) is 12.1 Å². The zero-order valence-corrected chi connectivity index (χ0v) is 19.2. The third kappa shape index (κ3) is 5.67. The molecule has 0 radical (unpaired) electrons. The van der Waals surface area contributed by atoms with Crippen LogP contribution in [0.4, 0.5) is 20.3 Å². The summed E-state index contributed by atoms with van der Waals surface area (Å²) in [6.45, 7) is 2.94. The molecule has 2 aromatic carbocycles. The zero-order chi connectivity index (χ0) is 24.1. The number of hydrogen-bond donors (Lipinski definition) is 1. The summed E-state index contributed by atoms with van der Waals surface area (Å²) in [4.78, 5) is 23.1. The average Bonchev–Trinajstić information content (AvgIpc) is 2.85. The van der Waals surface area contributed by atoms with Crippen LogP contribution in [0.3, 0.4) is 0 Å². The molecule has 0 bridgehead atoms. The van der Waals surface area contributed by atoms with E-state index in [0.717, 1.165) is 0 Å². The zero-order valence-electron chi connectivity index (χ0n) is 18.5. The van der Waals surface area contributed by atoms with Crippen molar-refractivity contribution in [3.63, 3.8) is 0 Å². The van der Waals surface area contributed by atoms with Crippen molar-refractivity contribution in [2.45, 2.75) is 6.42 Å². The van der Waals surface area contributed by atoms with Crippen molar-refractivity contribution in [3.8, 4) is 5.75 Å². The molecule has 3 aromatic rings. The van der Waals surface area contributed by atoms with Crippen LogP contribution >= 0.6 is 11.6 Å². The number of benzene rings is 2. The van der Waals surface area contributed by atoms with Gasteiger partial charge in [0, 0.05) is 48.8 Å². The molecule has 178 valence electrons. The van der Waals surface area contributed by atoms with E-state index in [4.69, 9.17) is 21.1 Å². The van der Waals surface area contributed by atoms with Gasteiger partial charge in [-0.3, -0.25) is 9.69 Å². The van der Waals surface area contributed by atoms with Crippen molar-refractivity contribution in [2.75, 3.05) is 45.3 Å². The van der Waals surface area contributed by atoms with Crippen molar-refractivity contribution in [2.24, 2.45) is 0 Å². The Morgan fingerprint density at radius 1 is 1.26 bits per heavy atom. The van der Waals surface area contributed by atoms with E-state index in [1.807, 2.05) is 4.90 Å². The second-order valence-corrected chi connectivity index (χ2v) is 8.13. The number of morpholine rings is 1. The Morgan fingerprint density at radius 3 is 2.79 bits per heavy atom. The number of carbonyl (C=O) groups is 1. The molecule has 2 heterocycles. The molecule has 4 rings (SSSR count). The summed E-state index contributed by atoms with van der Waals surface area (Å²) in [5.41, 5.74) is 1.57. The summed E-state index contributed by atoms with van der Waals surface area (Å²) in [5.74, 6) is -1.14. The van der Waals surface area contributed by atoms with Crippen LogP contribution in [0.1, 0.15) is 5.56 Å². The molecule has 34 heavy (non-hydrogen) atoms. The number of hydrogen-bond acceptors (Lipinski definition) is 7. The number of ether oxygens (including phenoxy) is 2. The highest BCUT2D eigenvalue weighted by Crippen LogP contribution is 2.31. The quantitative estimate of drug-likeness (QED) is 0.469. The first-order valence-electron chi connectivity index (χ1n) is 10.7. The van der Waals surface area contributed by atoms with Crippen molar-refractivity contribution < 1.29 is 23.0 Å². The summed E-state index contributed by atoms with van der Waals surface area (Å²) < 4.78 is 38.8. The van der Waals surface area contributed by atoms with Crippen LogP contribution in [0.2, 0.25) is 5.02 Å². The van der Waals surface area contributed by atoms with Gasteiger partial charge in [0.15, 0.2) is 11.6 Å². The van der Waals surface area contributed by atoms with Gasteiger partial charge in [0.1, 0.15) is 23.7 Å². The van der Waals surface area contributed by atoms with Gasteiger partial charge in [0.2, 0.25) is 0 Å². The highest BCUT2D eigenvalue weighted by molar-refractivity contribution is 6.31. The molecule has 1 fully saturated rings. The Hall–Kier alpha value is -3.14. The van der Waals surface area contributed by atoms with Crippen LogP contribution in [0.5, 0.6) is 5.75 Å². The Bertz CT molecular complexity index is 1230. The molecule has 1 aliphatic heterocycles. The average molecular weight is 489 g/mol. The van der Waals surface area contributed by atoms with Crippen LogP contribution in [0, 0.1) is 5.82 Å². The monoisotopic (exact) mass is 488 g/mol. The number of carbonyl (C=O) groups excluding carboxylic acids is 1. The molecular weight excluding hydrogens is 466 g/mol. The molecule has 0 saturated carbocycles. The fourth-order valence-corrected chi connectivity index (χ4v) is 3.81. The van der Waals surface area contributed by atoms with E-state index < -0.39 is 17.4 Å². The highest BCUT2D eigenvalue weighted by Gasteiger charge is 2.17. The number of nitrogens with one attached hydrogen (secondary N) is 1. The first-order chi connectivity index (χ1) is 16.4. The molecule has 1 saturated heterocycles. The SMILES string of the molecule is COc1cc2ncnc(Nc3ccc(F)c(Cl)c3)c2cc1CC(=O)C(F)=CCN1CCOCC1. The third-order valence-electron chi connectivity index (χ3n) is 5.47. The molecule has 1 aliphatic rings. The topological polar surface area (TPSA) is 76.6 Å². The number of halogens is 3. The molecule has 0 unspecified atom stereocenters. The molecule has 0 aliphatic carbocycles. The van der Waals surface area contributed by atoms with Crippen LogP contribution < -0.4 is 10.1 Å². The number of fused-ring (bicyclic) bond motifs is 1. The molecule has 0 spiro atoms. The van der Waals surface area contributed by atoms with E-state index in [2.05, 4.69) is 15.3 Å². The number of nitrogens with zero attached hydrogens (tertiary/aromatic N) is 3. The molecule has 7 nitrogen and oxygen atoms in total. The van der Waals surface area contributed by atoms with Crippen LogP contribution in [0.15, 0.2) is 48.6 Å². The van der Waals surface area contributed by atoms with Crippen molar-refractivity contribution >= 4 is 39.8 Å². The third-order valence-corrected chi connectivity index (χ3v) is 5.76. The number of ketones is 1. The van der Waals surface area contributed by atoms with Gasteiger partial charge in [-0.2, -0.15) is 0 Å². The van der Waals surface area contributed by atoms with E-state index >= 15 is 0 Å². The normalized spacial score (nSPS) is 14.9. The second-order valence-electron chi connectivity index (χ2n) is 7.72. The molecule has 1 aromatic heterocycles. The number of methoxy groups -OCH3 is 1. The first kappa shape index (κ1) is 24.0. The predicted octanol–water partition coefficient (Wildman–Crippen LogP) is 4.47. The van der Waals surface area contributed by atoms with Gasteiger partial charge in [0.05, 0.1) is 30.9 Å². The predicted molar refractivity (Wildman–Crippen MR) is 126 cm³/mol. The molecule has 0 amide bonds. The van der Waals surface area contributed by atoms with Gasteiger partial charge in [0.25, 0.3) is 0 Å². The lowest BCUT2D eigenvalue weighted by Gasteiger charge is -2.25. The van der Waals surface area contributed by atoms with Gasteiger partial charge < -0.3 is 14.8 Å². The van der Waals surface area contributed by atoms with Gasteiger partial charge >= 0.3 is 0 Å². The number of Topliss-reactive ketones (excluding diaryl/α,β-unsaturated/α-hetero) is 1. The van der Waals surface area contributed by atoms with Crippen LogP contribution in [-0.4, -0.2) is 60.6 Å². The minimum absolute atomic E-state index is 0.0318. The Morgan fingerprint density at radius 2 is 2.06 bits per heavy atom. The van der Waals surface area contributed by atoms with E-state index in [9.17, 15) is 13.6 Å². The summed E-state index contributed by atoms with van der Waals surface area (Å²) in [6.07, 6.45) is 2.48. The fourth-order valence-electron chi connectivity index (χ4n) is 3.63. The molecule has 10 heteroatoms. The highest BCUT2D eigenvalue weighted by atomic mass is 35.5. The lowest BCUT2D eigenvalue weighted by molar-refractivity contribution is -0.116. The maximum Gasteiger partial charge on any atom is 0.195 e. The van der Waals surface area contributed by atoms with Crippen LogP contribution in [-0.2, 0) is 16.0 Å². The molecule has 1 N–H and O–H groups in total. The minimum atomic E-state index is -0.794. The Kier molecular flexibility index (Phi) is 7.66. The largest absolute Gasteiger partial charge is 0.496 e. The smallest absolute Gasteiger partial charge is 0.195 e. The number of anilines is 2. The lowest BCUT2D eigenvalue weighted by Crippen LogP contribution is -2.36. The van der Waals surface area contributed by atoms with E-state index in [-0.39, 0.29) is 11.4 Å². The van der Waals surface area contributed by atoms with E-state index in [0.29, 0.717) is 66.6 Å². The standard InChI is InChI=1S/C24H23ClF2N4O3/c1-33-23-13-21-17(24(29-14-28-21)30-16-2-3-19(26)18(25)12-16)10-15(23)11-22(32)20(27)4-5-31-6-8-34-9-7-31/h2-4,10,12-14H,5-9,11H2,1H3,(H,28,29,30). The van der Waals surface area contributed by atoms with Crippen molar-refractivity contribution in [1.82, 2.24) is 14.9 Å². The van der Waals surface area contributed by atoms with Gasteiger partial charge in [-0.25, -0.2) is 18.7 Å². The first-order valence-corrected chi connectivity index (χ1v) is 11.0. The Labute approximate surface area is 200 Å². The minimum Gasteiger partial charge on any atom is -0.496 e. The summed E-state index contributed by atoms with van der Waals surface area (Å²) in [6, 6.07) is 7.56. The Balaban J connectivity index is 1.58. The van der Waals surface area contributed by atoms with E-state index in [1.165, 1.54) is 37.7 Å². The lowest BCUT2D eigenvalue weighted by atomic mass is 10.0. The maximum atomic E-state index is 14.6. The summed E-state index contributed by atoms with van der Waals surface area (Å²) in [7, 11) is 1.47. The molecular formula is C24H23ClF2N4O3. The number of rotatable bonds is 8. The number of allylic oxidation sites excluding steroid dienone is 1. The van der Waals surface area contributed by atoms with Crippen molar-refractivity contribution in [3.05, 3.63) is 65.0 Å². The fraction of sp³-hybridized carbons (Fsp3) is 0.292. The molecule has 0 atom stereocenters. The van der Waals surface area contributed by atoms with Gasteiger partial charge in [-0.1, -0.05) is 11.6 Å². The maximum absolute atomic E-state index is 14.6. The van der Waals surface area contributed by atoms with Crippen molar-refractivity contribution in [1.29, 1.82) is 0 Å². The summed E-state index contributed by atoms with van der Waals surface area (Å²) >= 11 is 5.87. The number of aromatic nitrogens is 2. The second kappa shape index (κ2) is 10.9. The van der Waals surface area contributed by atoms with Crippen LogP contribution in [0.25, 0.3) is 10.9 Å². The van der Waals surface area contributed by atoms with Gasteiger partial charge in [-0.05, 0) is 30.3 Å².